The van der Waals surface area contributed by atoms with Crippen LogP contribution in [0.1, 0.15) is 71.1 Å². The van der Waals surface area contributed by atoms with Gasteiger partial charge in [0.2, 0.25) is 0 Å². The summed E-state index contributed by atoms with van der Waals surface area (Å²) in [6.07, 6.45) is 4.50. The summed E-state index contributed by atoms with van der Waals surface area (Å²) >= 11 is 3.81. The molecule has 11 heteroatoms. The van der Waals surface area contributed by atoms with Crippen LogP contribution in [0.25, 0.3) is 10.8 Å². The van der Waals surface area contributed by atoms with Gasteiger partial charge < -0.3 is 19.3 Å². The summed E-state index contributed by atoms with van der Waals surface area (Å²) in [5.74, 6) is 0.936. The second-order valence-corrected chi connectivity index (χ2v) is 17.2. The van der Waals surface area contributed by atoms with Gasteiger partial charge >= 0.3 is 12.1 Å². The van der Waals surface area contributed by atoms with Gasteiger partial charge in [-0.3, -0.25) is 9.80 Å². The minimum absolute atomic E-state index is 0.0381. The first-order chi connectivity index (χ1) is 23.4. The number of benzene rings is 2. The summed E-state index contributed by atoms with van der Waals surface area (Å²) in [7, 11) is 0. The zero-order chi connectivity index (χ0) is 34.1. The van der Waals surface area contributed by atoms with Crippen LogP contribution >= 0.6 is 15.9 Å². The van der Waals surface area contributed by atoms with E-state index in [-0.39, 0.29) is 23.1 Å². The molecule has 5 heterocycles. The first-order valence-corrected chi connectivity index (χ1v) is 18.8. The van der Waals surface area contributed by atoms with Crippen molar-refractivity contribution < 1.29 is 18.7 Å². The van der Waals surface area contributed by atoms with Crippen LogP contribution in [-0.4, -0.2) is 95.1 Å². The lowest BCUT2D eigenvalue weighted by Crippen LogP contribution is -2.63. The van der Waals surface area contributed by atoms with Crippen LogP contribution in [0, 0.1) is 5.41 Å². The maximum atomic E-state index is 14.0. The van der Waals surface area contributed by atoms with Crippen molar-refractivity contribution in [1.82, 2.24) is 19.8 Å². The molecular formula is C38H48BrFN6O3. The molecule has 262 valence electrons. The van der Waals surface area contributed by atoms with Crippen molar-refractivity contribution in [2.75, 3.05) is 55.7 Å². The predicted octanol–water partition coefficient (Wildman–Crippen LogP) is 7.14. The fraction of sp³-hybridized carbons (Fsp3) is 0.605. The molecule has 1 aliphatic carbocycles. The number of hydrogen-bond acceptors (Lipinski definition) is 8. The van der Waals surface area contributed by atoms with Crippen molar-refractivity contribution >= 4 is 44.3 Å². The van der Waals surface area contributed by atoms with Crippen molar-refractivity contribution in [2.24, 2.45) is 5.41 Å². The average Bonchev–Trinajstić information content (AvgIpc) is 3.63. The van der Waals surface area contributed by atoms with E-state index >= 15 is 0 Å². The molecule has 4 fully saturated rings. The van der Waals surface area contributed by atoms with Gasteiger partial charge in [0.1, 0.15) is 17.6 Å². The number of carbonyl (C=O) groups excluding carboxylic acids is 1. The van der Waals surface area contributed by atoms with Crippen LogP contribution in [0.3, 0.4) is 0 Å². The zero-order valence-corrected chi connectivity index (χ0v) is 30.8. The lowest BCUT2D eigenvalue weighted by molar-refractivity contribution is -0.00285. The minimum Gasteiger partial charge on any atom is -0.463 e. The van der Waals surface area contributed by atoms with Gasteiger partial charge in [-0.05, 0) is 83.7 Å². The van der Waals surface area contributed by atoms with Crippen molar-refractivity contribution in [2.45, 2.75) is 96.1 Å². The number of piperazine rings is 1. The Labute approximate surface area is 297 Å². The monoisotopic (exact) mass is 734 g/mol. The molecule has 49 heavy (non-hydrogen) atoms. The molecule has 3 saturated heterocycles. The van der Waals surface area contributed by atoms with Gasteiger partial charge in [-0.1, -0.05) is 40.2 Å². The number of nitrogens with zero attached hydrogens (tertiary/aromatic N) is 6. The van der Waals surface area contributed by atoms with Crippen LogP contribution in [0.15, 0.2) is 40.9 Å². The van der Waals surface area contributed by atoms with Crippen LogP contribution < -0.4 is 14.5 Å². The maximum absolute atomic E-state index is 14.0. The van der Waals surface area contributed by atoms with Crippen LogP contribution in [-0.2, 0) is 17.7 Å². The zero-order valence-electron chi connectivity index (χ0n) is 29.2. The SMILES string of the molecule is CC(C)(C)OC(=O)N1[C@@H]2CC[C@@]1(C)CN(c1nc(OCC3(CN4CC[C@@H](F)C4)CC3)nc3c1CCN(c1cccc4cccc(Br)c14)C3)C2. The number of anilines is 2. The van der Waals surface area contributed by atoms with Gasteiger partial charge in [0.05, 0.1) is 30.4 Å². The van der Waals surface area contributed by atoms with Crippen molar-refractivity contribution in [3.05, 3.63) is 52.1 Å². The number of aromatic nitrogens is 2. The number of amides is 1. The first-order valence-electron chi connectivity index (χ1n) is 18.0. The molecule has 1 amide bonds. The van der Waals surface area contributed by atoms with E-state index in [4.69, 9.17) is 19.4 Å². The lowest BCUT2D eigenvalue weighted by Gasteiger charge is -2.48. The van der Waals surface area contributed by atoms with E-state index < -0.39 is 11.8 Å². The predicted molar refractivity (Wildman–Crippen MR) is 193 cm³/mol. The molecule has 2 aromatic carbocycles. The smallest absolute Gasteiger partial charge is 0.411 e. The molecule has 3 aromatic rings. The van der Waals surface area contributed by atoms with E-state index in [1.807, 2.05) is 25.7 Å². The fourth-order valence-corrected chi connectivity index (χ4v) is 9.26. The molecule has 8 rings (SSSR count). The first kappa shape index (κ1) is 33.0. The molecule has 1 aromatic heterocycles. The van der Waals surface area contributed by atoms with Crippen LogP contribution in [0.4, 0.5) is 20.7 Å². The number of hydrogen-bond donors (Lipinski definition) is 0. The minimum atomic E-state index is -0.721. The molecule has 3 atom stereocenters. The summed E-state index contributed by atoms with van der Waals surface area (Å²) in [5.41, 5.74) is 2.48. The Morgan fingerprint density at radius 3 is 2.55 bits per heavy atom. The van der Waals surface area contributed by atoms with E-state index in [2.05, 4.69) is 74.0 Å². The number of rotatable bonds is 7. The van der Waals surface area contributed by atoms with Gasteiger partial charge in [0.15, 0.2) is 0 Å². The van der Waals surface area contributed by atoms with Gasteiger partial charge in [-0.15, -0.1) is 0 Å². The number of alkyl halides is 1. The summed E-state index contributed by atoms with van der Waals surface area (Å²) in [6.45, 7) is 13.6. The van der Waals surface area contributed by atoms with E-state index in [1.54, 1.807) is 0 Å². The molecule has 9 nitrogen and oxygen atoms in total. The Bertz CT molecular complexity index is 1760. The largest absolute Gasteiger partial charge is 0.463 e. The number of carbonyl (C=O) groups is 1. The second-order valence-electron chi connectivity index (χ2n) is 16.4. The number of fused-ring (bicyclic) bond motifs is 4. The Morgan fingerprint density at radius 2 is 1.84 bits per heavy atom. The highest BCUT2D eigenvalue weighted by atomic mass is 79.9. The normalized spacial score (nSPS) is 26.3. The fourth-order valence-electron chi connectivity index (χ4n) is 8.67. The lowest BCUT2D eigenvalue weighted by atomic mass is 9.96. The third-order valence-electron chi connectivity index (χ3n) is 11.2. The molecule has 5 aliphatic rings. The Hall–Kier alpha value is -3.18. The summed E-state index contributed by atoms with van der Waals surface area (Å²) in [6, 6.07) is 13.3. The molecule has 2 bridgehead atoms. The van der Waals surface area contributed by atoms with E-state index in [0.29, 0.717) is 45.2 Å². The van der Waals surface area contributed by atoms with Gasteiger partial charge in [0.25, 0.3) is 0 Å². The third kappa shape index (κ3) is 6.46. The van der Waals surface area contributed by atoms with Crippen molar-refractivity contribution in [3.8, 4) is 6.01 Å². The Balaban J connectivity index is 1.10. The number of ether oxygens (including phenoxy) is 2. The van der Waals surface area contributed by atoms with E-state index in [1.165, 1.54) is 22.0 Å². The third-order valence-corrected chi connectivity index (χ3v) is 11.9. The highest BCUT2D eigenvalue weighted by Crippen LogP contribution is 2.48. The quantitative estimate of drug-likeness (QED) is 0.254. The Morgan fingerprint density at radius 1 is 1.04 bits per heavy atom. The van der Waals surface area contributed by atoms with Gasteiger partial charge in [0, 0.05) is 65.8 Å². The number of likely N-dealkylation sites (tertiary alicyclic amines) is 1. The van der Waals surface area contributed by atoms with Crippen LogP contribution in [0.5, 0.6) is 6.01 Å². The molecule has 0 spiro atoms. The standard InChI is InChI=1S/C38H48BrFN6O3/c1-36(2,3)49-35(47)46-27-11-14-37(46,4)22-45(20-27)33-28-13-18-44(31-10-6-8-25-7-5-9-29(39)32(25)31)21-30(28)41-34(42-33)48-24-38(15-16-38)23-43-17-12-26(40)19-43/h5-10,26-27H,11-24H2,1-4H3/t26-,27-,37+/m1/s1. The molecule has 1 saturated carbocycles. The second kappa shape index (κ2) is 12.2. The van der Waals surface area contributed by atoms with E-state index in [9.17, 15) is 9.18 Å². The summed E-state index contributed by atoms with van der Waals surface area (Å²) in [4.78, 5) is 32.8. The van der Waals surface area contributed by atoms with Crippen molar-refractivity contribution in [1.29, 1.82) is 0 Å². The maximum Gasteiger partial charge on any atom is 0.411 e. The topological polar surface area (TPSA) is 74.3 Å². The van der Waals surface area contributed by atoms with Crippen molar-refractivity contribution in [3.63, 3.8) is 0 Å². The summed E-state index contributed by atoms with van der Waals surface area (Å²) in [5, 5.41) is 2.40. The molecular weight excluding hydrogens is 687 g/mol. The van der Waals surface area contributed by atoms with Gasteiger partial charge in [-0.2, -0.15) is 9.97 Å². The highest BCUT2D eigenvalue weighted by Gasteiger charge is 2.53. The molecule has 0 radical (unpaired) electrons. The Kier molecular flexibility index (Phi) is 8.25. The highest BCUT2D eigenvalue weighted by molar-refractivity contribution is 9.10. The average molecular weight is 736 g/mol. The van der Waals surface area contributed by atoms with Gasteiger partial charge in [-0.25, -0.2) is 9.18 Å². The molecule has 4 aliphatic heterocycles. The van der Waals surface area contributed by atoms with E-state index in [0.717, 1.165) is 67.7 Å². The number of halogens is 2. The molecule has 0 unspecified atom stereocenters. The summed E-state index contributed by atoms with van der Waals surface area (Å²) < 4.78 is 27.4. The molecule has 0 N–H and O–H groups in total. The van der Waals surface area contributed by atoms with Crippen LogP contribution in [0.2, 0.25) is 0 Å².